The standard InChI is InChI=1S/C17H24N2O/c1-2-15-10-6-7-13-19(15)16(20)18-17(11-12-17)14-8-4-3-5-9-14/h3-5,8-9,15H,2,6-7,10-13H2,1H3,(H,18,20). The molecule has 1 heterocycles. The fraction of sp³-hybridized carbons (Fsp3) is 0.588. The molecule has 1 atom stereocenters. The first-order chi connectivity index (χ1) is 9.75. The summed E-state index contributed by atoms with van der Waals surface area (Å²) in [5.74, 6) is 0. The van der Waals surface area contributed by atoms with E-state index in [4.69, 9.17) is 0 Å². The van der Waals surface area contributed by atoms with E-state index in [-0.39, 0.29) is 11.6 Å². The Labute approximate surface area is 121 Å². The molecular formula is C17H24N2O. The SMILES string of the molecule is CCC1CCCCN1C(=O)NC1(c2ccccc2)CC1. The summed E-state index contributed by atoms with van der Waals surface area (Å²) in [6, 6.07) is 10.9. The fourth-order valence-corrected chi connectivity index (χ4v) is 3.34. The molecule has 3 nitrogen and oxygen atoms in total. The van der Waals surface area contributed by atoms with Crippen molar-refractivity contribution >= 4 is 6.03 Å². The molecule has 1 N–H and O–H groups in total. The zero-order chi connectivity index (χ0) is 14.0. The summed E-state index contributed by atoms with van der Waals surface area (Å²) >= 11 is 0. The first-order valence-electron chi connectivity index (χ1n) is 7.89. The smallest absolute Gasteiger partial charge is 0.318 e. The van der Waals surface area contributed by atoms with Crippen LogP contribution in [0, 0.1) is 0 Å². The van der Waals surface area contributed by atoms with Crippen LogP contribution in [0.1, 0.15) is 51.0 Å². The van der Waals surface area contributed by atoms with Crippen molar-refractivity contribution < 1.29 is 4.79 Å². The number of hydrogen-bond donors (Lipinski definition) is 1. The molecular weight excluding hydrogens is 248 g/mol. The number of nitrogens with zero attached hydrogens (tertiary/aromatic N) is 1. The van der Waals surface area contributed by atoms with E-state index in [1.54, 1.807) is 0 Å². The Hall–Kier alpha value is -1.51. The number of rotatable bonds is 3. The Kier molecular flexibility index (Phi) is 3.68. The maximum absolute atomic E-state index is 12.6. The maximum Gasteiger partial charge on any atom is 0.318 e. The minimum Gasteiger partial charge on any atom is -0.328 e. The predicted molar refractivity (Wildman–Crippen MR) is 80.5 cm³/mol. The van der Waals surface area contributed by atoms with E-state index in [1.165, 1.54) is 12.0 Å². The first-order valence-corrected chi connectivity index (χ1v) is 7.89. The molecule has 1 saturated carbocycles. The Balaban J connectivity index is 1.70. The molecule has 2 amide bonds. The van der Waals surface area contributed by atoms with Gasteiger partial charge < -0.3 is 10.2 Å². The van der Waals surface area contributed by atoms with Crippen LogP contribution in [-0.2, 0) is 5.54 Å². The third kappa shape index (κ3) is 2.54. The average Bonchev–Trinajstić information content (AvgIpc) is 3.29. The van der Waals surface area contributed by atoms with Gasteiger partial charge in [-0.05, 0) is 44.1 Å². The van der Waals surface area contributed by atoms with Gasteiger partial charge in [0.25, 0.3) is 0 Å². The van der Waals surface area contributed by atoms with Crippen molar-refractivity contribution in [2.75, 3.05) is 6.54 Å². The van der Waals surface area contributed by atoms with Crippen LogP contribution in [0.2, 0.25) is 0 Å². The number of amides is 2. The number of hydrogen-bond acceptors (Lipinski definition) is 1. The molecule has 1 aromatic carbocycles. The molecule has 3 rings (SSSR count). The van der Waals surface area contributed by atoms with Gasteiger partial charge in [-0.3, -0.25) is 0 Å². The van der Waals surface area contributed by atoms with Crippen LogP contribution in [-0.4, -0.2) is 23.5 Å². The summed E-state index contributed by atoms with van der Waals surface area (Å²) in [4.78, 5) is 14.7. The van der Waals surface area contributed by atoms with Gasteiger partial charge in [-0.15, -0.1) is 0 Å². The Morgan fingerprint density at radius 3 is 2.70 bits per heavy atom. The molecule has 1 aromatic rings. The molecule has 1 aliphatic carbocycles. The largest absolute Gasteiger partial charge is 0.328 e. The second-order valence-electron chi connectivity index (χ2n) is 6.13. The zero-order valence-electron chi connectivity index (χ0n) is 12.3. The number of likely N-dealkylation sites (tertiary alicyclic amines) is 1. The average molecular weight is 272 g/mol. The number of nitrogens with one attached hydrogen (secondary N) is 1. The minimum atomic E-state index is -0.0892. The Morgan fingerprint density at radius 2 is 2.05 bits per heavy atom. The van der Waals surface area contributed by atoms with Gasteiger partial charge in [0.15, 0.2) is 0 Å². The van der Waals surface area contributed by atoms with Crippen LogP contribution in [0.5, 0.6) is 0 Å². The third-order valence-corrected chi connectivity index (χ3v) is 4.78. The van der Waals surface area contributed by atoms with Crippen molar-refractivity contribution in [3.8, 4) is 0 Å². The van der Waals surface area contributed by atoms with Gasteiger partial charge >= 0.3 is 6.03 Å². The van der Waals surface area contributed by atoms with Gasteiger partial charge in [0, 0.05) is 12.6 Å². The van der Waals surface area contributed by atoms with Gasteiger partial charge in [0.1, 0.15) is 0 Å². The third-order valence-electron chi connectivity index (χ3n) is 4.78. The van der Waals surface area contributed by atoms with Gasteiger partial charge in [0.2, 0.25) is 0 Å². The van der Waals surface area contributed by atoms with Crippen molar-refractivity contribution in [3.63, 3.8) is 0 Å². The maximum atomic E-state index is 12.6. The lowest BCUT2D eigenvalue weighted by Crippen LogP contribution is -2.51. The van der Waals surface area contributed by atoms with Crippen molar-refractivity contribution in [1.29, 1.82) is 0 Å². The number of urea groups is 1. The second kappa shape index (κ2) is 5.47. The lowest BCUT2D eigenvalue weighted by atomic mass is 10.0. The highest BCUT2D eigenvalue weighted by Gasteiger charge is 2.46. The first kappa shape index (κ1) is 13.5. The molecule has 1 aliphatic heterocycles. The normalized spacial score (nSPS) is 24.2. The molecule has 108 valence electrons. The fourth-order valence-electron chi connectivity index (χ4n) is 3.34. The number of carbonyl (C=O) groups is 1. The second-order valence-corrected chi connectivity index (χ2v) is 6.13. The quantitative estimate of drug-likeness (QED) is 0.895. The van der Waals surface area contributed by atoms with E-state index in [0.29, 0.717) is 6.04 Å². The van der Waals surface area contributed by atoms with E-state index < -0.39 is 0 Å². The lowest BCUT2D eigenvalue weighted by Gasteiger charge is -2.36. The van der Waals surface area contributed by atoms with E-state index in [0.717, 1.165) is 38.6 Å². The molecule has 0 spiro atoms. The molecule has 1 saturated heterocycles. The van der Waals surface area contributed by atoms with E-state index in [9.17, 15) is 4.79 Å². The molecule has 3 heteroatoms. The van der Waals surface area contributed by atoms with Crippen molar-refractivity contribution in [2.45, 2.75) is 57.0 Å². The van der Waals surface area contributed by atoms with Crippen LogP contribution >= 0.6 is 0 Å². The van der Waals surface area contributed by atoms with Gasteiger partial charge in [-0.25, -0.2) is 4.79 Å². The number of carbonyl (C=O) groups excluding carboxylic acids is 1. The van der Waals surface area contributed by atoms with Gasteiger partial charge in [-0.2, -0.15) is 0 Å². The van der Waals surface area contributed by atoms with Crippen molar-refractivity contribution in [2.24, 2.45) is 0 Å². The lowest BCUT2D eigenvalue weighted by molar-refractivity contribution is 0.144. The van der Waals surface area contributed by atoms with Crippen LogP contribution in [0.4, 0.5) is 4.79 Å². The summed E-state index contributed by atoms with van der Waals surface area (Å²) in [5.41, 5.74) is 1.16. The molecule has 0 radical (unpaired) electrons. The Morgan fingerprint density at radius 1 is 1.30 bits per heavy atom. The predicted octanol–water partition coefficient (Wildman–Crippen LogP) is 3.65. The highest BCUT2D eigenvalue weighted by molar-refractivity contribution is 5.76. The molecule has 1 unspecified atom stereocenters. The molecule has 0 aromatic heterocycles. The van der Waals surface area contributed by atoms with Crippen LogP contribution in [0.25, 0.3) is 0 Å². The van der Waals surface area contributed by atoms with Crippen molar-refractivity contribution in [3.05, 3.63) is 35.9 Å². The molecule has 0 bridgehead atoms. The minimum absolute atomic E-state index is 0.0892. The highest BCUT2D eigenvalue weighted by atomic mass is 16.2. The van der Waals surface area contributed by atoms with Gasteiger partial charge in [0.05, 0.1) is 5.54 Å². The summed E-state index contributed by atoms with van der Waals surface area (Å²) < 4.78 is 0. The van der Waals surface area contributed by atoms with E-state index in [2.05, 4.69) is 41.4 Å². The summed E-state index contributed by atoms with van der Waals surface area (Å²) in [6.45, 7) is 3.09. The van der Waals surface area contributed by atoms with Crippen LogP contribution in [0.3, 0.4) is 0 Å². The van der Waals surface area contributed by atoms with Gasteiger partial charge in [-0.1, -0.05) is 37.3 Å². The van der Waals surface area contributed by atoms with E-state index >= 15 is 0 Å². The van der Waals surface area contributed by atoms with Crippen molar-refractivity contribution in [1.82, 2.24) is 10.2 Å². The zero-order valence-corrected chi connectivity index (χ0v) is 12.3. The summed E-state index contributed by atoms with van der Waals surface area (Å²) in [5, 5.41) is 3.30. The monoisotopic (exact) mass is 272 g/mol. The topological polar surface area (TPSA) is 32.3 Å². The molecule has 2 aliphatic rings. The van der Waals surface area contributed by atoms with E-state index in [1.807, 2.05) is 6.07 Å². The molecule has 2 fully saturated rings. The highest BCUT2D eigenvalue weighted by Crippen LogP contribution is 2.45. The Bertz CT molecular complexity index is 467. The molecule has 20 heavy (non-hydrogen) atoms. The van der Waals surface area contributed by atoms with Crippen LogP contribution in [0.15, 0.2) is 30.3 Å². The van der Waals surface area contributed by atoms with Crippen LogP contribution < -0.4 is 5.32 Å². The number of benzene rings is 1. The summed E-state index contributed by atoms with van der Waals surface area (Å²) in [6.07, 6.45) is 6.74. The number of piperidine rings is 1. The summed E-state index contributed by atoms with van der Waals surface area (Å²) in [7, 11) is 0.